The summed E-state index contributed by atoms with van der Waals surface area (Å²) in [5.41, 5.74) is 4.73. The Labute approximate surface area is 123 Å². The molecule has 2 nitrogen and oxygen atoms in total. The van der Waals surface area contributed by atoms with Gasteiger partial charge in [-0.25, -0.2) is 0 Å². The summed E-state index contributed by atoms with van der Waals surface area (Å²) < 4.78 is 0. The zero-order valence-corrected chi connectivity index (χ0v) is 12.8. The Hall–Kier alpha value is -0.860. The van der Waals surface area contributed by atoms with Gasteiger partial charge >= 0.3 is 0 Å². The average Bonchev–Trinajstić information content (AvgIpc) is 2.94. The summed E-state index contributed by atoms with van der Waals surface area (Å²) >= 11 is 0. The molecule has 20 heavy (non-hydrogen) atoms. The molecule has 0 saturated carbocycles. The zero-order chi connectivity index (χ0) is 13.8. The van der Waals surface area contributed by atoms with Gasteiger partial charge in [-0.15, -0.1) is 0 Å². The maximum Gasteiger partial charge on any atom is 0.0237 e. The van der Waals surface area contributed by atoms with Gasteiger partial charge in [0.1, 0.15) is 0 Å². The number of benzene rings is 1. The van der Waals surface area contributed by atoms with Gasteiger partial charge in [0.15, 0.2) is 0 Å². The van der Waals surface area contributed by atoms with E-state index in [0.29, 0.717) is 0 Å². The molecule has 1 aliphatic heterocycles. The Morgan fingerprint density at radius 3 is 2.95 bits per heavy atom. The minimum Gasteiger partial charge on any atom is -0.315 e. The number of rotatable bonds is 5. The zero-order valence-electron chi connectivity index (χ0n) is 12.8. The second-order valence-corrected chi connectivity index (χ2v) is 6.38. The molecule has 2 heteroatoms. The Kier molecular flexibility index (Phi) is 4.74. The van der Waals surface area contributed by atoms with Gasteiger partial charge in [0.05, 0.1) is 0 Å². The third-order valence-corrected chi connectivity index (χ3v) is 4.93. The number of likely N-dealkylation sites (tertiary alicyclic amines) is 1. The minimum absolute atomic E-state index is 0.733. The van der Waals surface area contributed by atoms with E-state index in [2.05, 4.69) is 35.3 Å². The predicted octanol–water partition coefficient (Wildman–Crippen LogP) is 3.14. The molecular formula is C18H28N2. The number of aryl methyl sites for hydroxylation is 2. The molecule has 1 atom stereocenters. The highest BCUT2D eigenvalue weighted by Crippen LogP contribution is 2.25. The molecule has 0 radical (unpaired) electrons. The van der Waals surface area contributed by atoms with E-state index in [-0.39, 0.29) is 0 Å². The van der Waals surface area contributed by atoms with E-state index in [4.69, 9.17) is 0 Å². The molecule has 0 spiro atoms. The van der Waals surface area contributed by atoms with E-state index in [1.54, 1.807) is 11.1 Å². The third-order valence-electron chi connectivity index (χ3n) is 4.93. The molecule has 1 aromatic rings. The Morgan fingerprint density at radius 1 is 1.15 bits per heavy atom. The summed E-state index contributed by atoms with van der Waals surface area (Å²) in [6.45, 7) is 6.86. The average molecular weight is 272 g/mol. The summed E-state index contributed by atoms with van der Waals surface area (Å²) in [7, 11) is 0. The quantitative estimate of drug-likeness (QED) is 0.886. The topological polar surface area (TPSA) is 15.3 Å². The molecule has 1 unspecified atom stereocenters. The second-order valence-electron chi connectivity index (χ2n) is 6.38. The first-order valence-electron chi connectivity index (χ1n) is 8.42. The van der Waals surface area contributed by atoms with Gasteiger partial charge in [-0.05, 0) is 61.9 Å². The van der Waals surface area contributed by atoms with Crippen LogP contribution in [0.2, 0.25) is 0 Å². The summed E-state index contributed by atoms with van der Waals surface area (Å²) in [5, 5.41) is 3.53. The molecule has 0 bridgehead atoms. The van der Waals surface area contributed by atoms with Gasteiger partial charge in [-0.2, -0.15) is 0 Å². The van der Waals surface area contributed by atoms with Crippen LogP contribution in [0.5, 0.6) is 0 Å². The molecule has 2 aliphatic rings. The van der Waals surface area contributed by atoms with Gasteiger partial charge in [0.25, 0.3) is 0 Å². The van der Waals surface area contributed by atoms with Crippen molar-refractivity contribution >= 4 is 0 Å². The number of nitrogens with one attached hydrogen (secondary N) is 1. The highest BCUT2D eigenvalue weighted by molar-refractivity contribution is 5.35. The van der Waals surface area contributed by atoms with Gasteiger partial charge < -0.3 is 5.32 Å². The first-order chi connectivity index (χ1) is 9.86. The highest BCUT2D eigenvalue weighted by Gasteiger charge is 2.22. The van der Waals surface area contributed by atoms with Crippen LogP contribution >= 0.6 is 0 Å². The molecule has 1 aromatic carbocycles. The molecule has 0 aromatic heterocycles. The smallest absolute Gasteiger partial charge is 0.0237 e. The largest absolute Gasteiger partial charge is 0.315 e. The lowest BCUT2D eigenvalue weighted by molar-refractivity contribution is 0.138. The highest BCUT2D eigenvalue weighted by atomic mass is 15.2. The van der Waals surface area contributed by atoms with Crippen molar-refractivity contribution in [3.05, 3.63) is 34.9 Å². The lowest BCUT2D eigenvalue weighted by Crippen LogP contribution is -2.44. The molecule has 3 rings (SSSR count). The summed E-state index contributed by atoms with van der Waals surface area (Å²) in [6.07, 6.45) is 8.07. The van der Waals surface area contributed by atoms with E-state index in [0.717, 1.165) is 25.7 Å². The lowest BCUT2D eigenvalue weighted by Gasteiger charge is -2.36. The first kappa shape index (κ1) is 14.1. The summed E-state index contributed by atoms with van der Waals surface area (Å²) in [4.78, 5) is 2.70. The van der Waals surface area contributed by atoms with Crippen molar-refractivity contribution in [3.63, 3.8) is 0 Å². The number of nitrogens with zero attached hydrogens (tertiary/aromatic N) is 1. The molecular weight excluding hydrogens is 244 g/mol. The van der Waals surface area contributed by atoms with Crippen LogP contribution in [-0.4, -0.2) is 30.6 Å². The van der Waals surface area contributed by atoms with Crippen LogP contribution < -0.4 is 5.32 Å². The van der Waals surface area contributed by atoms with Crippen LogP contribution in [-0.2, 0) is 19.4 Å². The predicted molar refractivity (Wildman–Crippen MR) is 85.1 cm³/mol. The number of piperidine rings is 1. The Balaban J connectivity index is 1.65. The Morgan fingerprint density at radius 2 is 2.05 bits per heavy atom. The van der Waals surface area contributed by atoms with Crippen LogP contribution in [0.1, 0.15) is 49.3 Å². The fourth-order valence-electron chi connectivity index (χ4n) is 3.77. The van der Waals surface area contributed by atoms with Gasteiger partial charge in [-0.3, -0.25) is 4.90 Å². The number of fused-ring (bicyclic) bond motifs is 1. The number of hydrogen-bond donors (Lipinski definition) is 1. The van der Waals surface area contributed by atoms with Crippen molar-refractivity contribution in [2.45, 2.75) is 58.0 Å². The molecule has 1 heterocycles. The number of likely N-dealkylation sites (N-methyl/N-ethyl adjacent to an activating group) is 1. The van der Waals surface area contributed by atoms with Crippen molar-refractivity contribution in [3.8, 4) is 0 Å². The maximum absolute atomic E-state index is 3.53. The first-order valence-corrected chi connectivity index (χ1v) is 8.42. The van der Waals surface area contributed by atoms with Crippen molar-refractivity contribution in [2.24, 2.45) is 0 Å². The monoisotopic (exact) mass is 272 g/mol. The molecule has 1 saturated heterocycles. The van der Waals surface area contributed by atoms with E-state index in [9.17, 15) is 0 Å². The second kappa shape index (κ2) is 6.73. The standard InChI is InChI=1S/C18H28N2/c1-2-19-13-18-8-3-4-11-20(18)14-15-9-10-16-6-5-7-17(16)12-15/h9-10,12,18-19H,2-8,11,13-14H2,1H3. The molecule has 1 fully saturated rings. The fraction of sp³-hybridized carbons (Fsp3) is 0.667. The van der Waals surface area contributed by atoms with E-state index < -0.39 is 0 Å². The van der Waals surface area contributed by atoms with Gasteiger partial charge in [0.2, 0.25) is 0 Å². The third kappa shape index (κ3) is 3.24. The maximum atomic E-state index is 3.53. The SMILES string of the molecule is CCNCC1CCCCN1Cc1ccc2c(c1)CCC2. The van der Waals surface area contributed by atoms with Gasteiger partial charge in [-0.1, -0.05) is 31.5 Å². The number of hydrogen-bond acceptors (Lipinski definition) is 2. The van der Waals surface area contributed by atoms with Crippen LogP contribution in [0, 0.1) is 0 Å². The van der Waals surface area contributed by atoms with Crippen LogP contribution in [0.3, 0.4) is 0 Å². The van der Waals surface area contributed by atoms with Gasteiger partial charge in [0, 0.05) is 19.1 Å². The molecule has 0 amide bonds. The minimum atomic E-state index is 0.733. The normalized spacial score (nSPS) is 22.9. The summed E-state index contributed by atoms with van der Waals surface area (Å²) in [6, 6.07) is 7.95. The van der Waals surface area contributed by atoms with Crippen molar-refractivity contribution in [2.75, 3.05) is 19.6 Å². The van der Waals surface area contributed by atoms with E-state index in [1.807, 2.05) is 0 Å². The van der Waals surface area contributed by atoms with E-state index >= 15 is 0 Å². The Bertz CT molecular complexity index is 441. The summed E-state index contributed by atoms with van der Waals surface area (Å²) in [5.74, 6) is 0. The molecule has 110 valence electrons. The fourth-order valence-corrected chi connectivity index (χ4v) is 3.77. The molecule has 1 aliphatic carbocycles. The van der Waals surface area contributed by atoms with Crippen LogP contribution in [0.25, 0.3) is 0 Å². The van der Waals surface area contributed by atoms with Crippen molar-refractivity contribution in [1.29, 1.82) is 0 Å². The molecule has 1 N–H and O–H groups in total. The van der Waals surface area contributed by atoms with E-state index in [1.165, 1.54) is 50.6 Å². The lowest BCUT2D eigenvalue weighted by atomic mass is 10.00. The van der Waals surface area contributed by atoms with Crippen molar-refractivity contribution in [1.82, 2.24) is 10.2 Å². The van der Waals surface area contributed by atoms with Crippen LogP contribution in [0.15, 0.2) is 18.2 Å². The van der Waals surface area contributed by atoms with Crippen molar-refractivity contribution < 1.29 is 0 Å². The van der Waals surface area contributed by atoms with Crippen LogP contribution in [0.4, 0.5) is 0 Å².